The Kier molecular flexibility index (Phi) is 6.37. The fraction of sp³-hybridized carbons (Fsp3) is 0.455. The summed E-state index contributed by atoms with van der Waals surface area (Å²) < 4.78 is 26.2. The zero-order valence-electron chi connectivity index (χ0n) is 24.5. The number of benzene rings is 2. The average molecular weight is 570 g/mol. The van der Waals surface area contributed by atoms with Crippen LogP contribution in [0.1, 0.15) is 43.9 Å². The first-order chi connectivity index (χ1) is 19.6. The van der Waals surface area contributed by atoms with E-state index in [2.05, 4.69) is 65.5 Å². The van der Waals surface area contributed by atoms with Gasteiger partial charge in [0.05, 0.1) is 10.6 Å². The summed E-state index contributed by atoms with van der Waals surface area (Å²) in [5.74, 6) is 1.61. The molecule has 0 radical (unpaired) electrons. The Balaban J connectivity index is 1.10. The van der Waals surface area contributed by atoms with E-state index in [1.54, 1.807) is 12.1 Å². The molecule has 41 heavy (non-hydrogen) atoms. The van der Waals surface area contributed by atoms with E-state index in [1.807, 2.05) is 12.1 Å². The molecule has 3 aliphatic rings. The van der Waals surface area contributed by atoms with E-state index in [1.165, 1.54) is 44.5 Å². The molecule has 2 aromatic heterocycles. The normalized spacial score (nSPS) is 19.1. The molecule has 2 saturated heterocycles. The standard InChI is InChI=1S/C33H39N5O2S/c1-22(2)16-36-18-33(19-36)20-37(21-33)17-24-5-7-25(8-6-24)29-15-23(3)30-32(34-29)38(27-11-12-27)31(35-30)26-9-13-28(14-10-26)41(4,39)40/h5-10,13-15,22,27H,11-12,16-21H2,1-4H3. The lowest BCUT2D eigenvalue weighted by Crippen LogP contribution is -2.71. The van der Waals surface area contributed by atoms with Gasteiger partial charge in [-0.1, -0.05) is 38.1 Å². The number of aromatic nitrogens is 3. The second-order valence-electron chi connectivity index (χ2n) is 13.2. The van der Waals surface area contributed by atoms with Crippen molar-refractivity contribution in [2.45, 2.75) is 51.1 Å². The summed E-state index contributed by atoms with van der Waals surface area (Å²) in [7, 11) is -3.25. The first-order valence-electron chi connectivity index (χ1n) is 14.8. The highest BCUT2D eigenvalue weighted by Crippen LogP contribution is 2.42. The van der Waals surface area contributed by atoms with Crippen LogP contribution in [0.5, 0.6) is 0 Å². The maximum atomic E-state index is 12.0. The smallest absolute Gasteiger partial charge is 0.175 e. The Bertz CT molecular complexity index is 1710. The molecule has 1 aliphatic carbocycles. The fourth-order valence-electron chi connectivity index (χ4n) is 6.90. The largest absolute Gasteiger partial charge is 0.306 e. The summed E-state index contributed by atoms with van der Waals surface area (Å²) in [6.07, 6.45) is 3.44. The number of imidazole rings is 1. The highest BCUT2D eigenvalue weighted by molar-refractivity contribution is 7.90. The van der Waals surface area contributed by atoms with Gasteiger partial charge in [-0.05, 0) is 67.1 Å². The van der Waals surface area contributed by atoms with Gasteiger partial charge in [0.15, 0.2) is 15.5 Å². The molecule has 0 bridgehead atoms. The molecular formula is C33H39N5O2S. The maximum Gasteiger partial charge on any atom is 0.175 e. The predicted molar refractivity (Wildman–Crippen MR) is 164 cm³/mol. The molecule has 7 rings (SSSR count). The molecule has 4 heterocycles. The number of sulfone groups is 1. The fourth-order valence-corrected chi connectivity index (χ4v) is 7.53. The lowest BCUT2D eigenvalue weighted by molar-refractivity contribution is -0.120. The zero-order valence-corrected chi connectivity index (χ0v) is 25.3. The number of nitrogens with zero attached hydrogens (tertiary/aromatic N) is 5. The molecule has 4 aromatic rings. The summed E-state index contributed by atoms with van der Waals surface area (Å²) in [5, 5.41) is 0. The molecule has 0 amide bonds. The van der Waals surface area contributed by atoms with E-state index in [-0.39, 0.29) is 0 Å². The molecule has 2 aromatic carbocycles. The highest BCUT2D eigenvalue weighted by Gasteiger charge is 2.51. The van der Waals surface area contributed by atoms with E-state index in [0.717, 1.165) is 64.7 Å². The van der Waals surface area contributed by atoms with Gasteiger partial charge in [0.25, 0.3) is 0 Å². The molecule has 0 N–H and O–H groups in total. The van der Waals surface area contributed by atoms with Gasteiger partial charge < -0.3 is 9.47 Å². The number of rotatable bonds is 8. The van der Waals surface area contributed by atoms with Crippen molar-refractivity contribution in [3.63, 3.8) is 0 Å². The van der Waals surface area contributed by atoms with Gasteiger partial charge in [0.1, 0.15) is 11.3 Å². The third-order valence-corrected chi connectivity index (χ3v) is 9.94. The van der Waals surface area contributed by atoms with Crippen molar-refractivity contribution >= 4 is 21.0 Å². The lowest BCUT2D eigenvalue weighted by Gasteiger charge is -2.61. The van der Waals surface area contributed by atoms with Gasteiger partial charge in [0, 0.05) is 68.1 Å². The molecule has 3 fully saturated rings. The minimum absolute atomic E-state index is 0.320. The first kappa shape index (κ1) is 26.8. The van der Waals surface area contributed by atoms with Crippen molar-refractivity contribution in [3.8, 4) is 22.6 Å². The van der Waals surface area contributed by atoms with E-state index in [0.29, 0.717) is 16.4 Å². The number of fused-ring (bicyclic) bond motifs is 1. The predicted octanol–water partition coefficient (Wildman–Crippen LogP) is 5.59. The number of hydrogen-bond acceptors (Lipinski definition) is 6. The van der Waals surface area contributed by atoms with Crippen LogP contribution < -0.4 is 0 Å². The van der Waals surface area contributed by atoms with Crippen molar-refractivity contribution < 1.29 is 8.42 Å². The highest BCUT2D eigenvalue weighted by atomic mass is 32.2. The van der Waals surface area contributed by atoms with Gasteiger partial charge in [-0.2, -0.15) is 0 Å². The van der Waals surface area contributed by atoms with Crippen molar-refractivity contribution in [1.29, 1.82) is 0 Å². The van der Waals surface area contributed by atoms with Gasteiger partial charge in [-0.25, -0.2) is 18.4 Å². The van der Waals surface area contributed by atoms with E-state index in [9.17, 15) is 8.42 Å². The minimum atomic E-state index is -3.25. The van der Waals surface area contributed by atoms with Gasteiger partial charge >= 0.3 is 0 Å². The molecule has 1 spiro atoms. The molecule has 214 valence electrons. The SMILES string of the molecule is Cc1cc(-c2ccc(CN3CC4(C3)CN(CC(C)C)C4)cc2)nc2c1nc(-c1ccc(S(C)(=O)=O)cc1)n2C1CC1. The number of likely N-dealkylation sites (tertiary alicyclic amines) is 2. The lowest BCUT2D eigenvalue weighted by atomic mass is 9.72. The molecular weight excluding hydrogens is 530 g/mol. The van der Waals surface area contributed by atoms with Crippen molar-refractivity contribution in [2.24, 2.45) is 11.3 Å². The van der Waals surface area contributed by atoms with Crippen LogP contribution in [0, 0.1) is 18.3 Å². The summed E-state index contributed by atoms with van der Waals surface area (Å²) >= 11 is 0. The minimum Gasteiger partial charge on any atom is -0.306 e. The average Bonchev–Trinajstić information content (AvgIpc) is 3.65. The van der Waals surface area contributed by atoms with Gasteiger partial charge in [0.2, 0.25) is 0 Å². The summed E-state index contributed by atoms with van der Waals surface area (Å²) in [4.78, 5) is 15.7. The third kappa shape index (κ3) is 5.11. The first-order valence-corrected chi connectivity index (χ1v) is 16.7. The Morgan fingerprint density at radius 2 is 1.54 bits per heavy atom. The Hall–Kier alpha value is -3.07. The van der Waals surface area contributed by atoms with Crippen molar-refractivity contribution in [3.05, 3.63) is 65.7 Å². The number of pyridine rings is 1. The number of hydrogen-bond donors (Lipinski definition) is 0. The summed E-state index contributed by atoms with van der Waals surface area (Å²) in [5.41, 5.74) is 7.80. The van der Waals surface area contributed by atoms with Crippen LogP contribution in [0.4, 0.5) is 0 Å². The second kappa shape index (κ2) is 9.75. The quantitative estimate of drug-likeness (QED) is 0.276. The monoisotopic (exact) mass is 569 g/mol. The molecule has 8 heteroatoms. The summed E-state index contributed by atoms with van der Waals surface area (Å²) in [6, 6.07) is 18.5. The Morgan fingerprint density at radius 1 is 0.902 bits per heavy atom. The third-order valence-electron chi connectivity index (χ3n) is 8.81. The van der Waals surface area contributed by atoms with Crippen LogP contribution in [-0.4, -0.2) is 71.7 Å². The van der Waals surface area contributed by atoms with Crippen molar-refractivity contribution in [2.75, 3.05) is 39.0 Å². The zero-order chi connectivity index (χ0) is 28.5. The molecule has 7 nitrogen and oxygen atoms in total. The molecule has 2 aliphatic heterocycles. The molecule has 1 saturated carbocycles. The Labute approximate surface area is 243 Å². The topological polar surface area (TPSA) is 71.3 Å². The molecule has 0 atom stereocenters. The maximum absolute atomic E-state index is 12.0. The van der Waals surface area contributed by atoms with Crippen LogP contribution in [-0.2, 0) is 16.4 Å². The van der Waals surface area contributed by atoms with Gasteiger partial charge in [-0.3, -0.25) is 4.90 Å². The van der Waals surface area contributed by atoms with Crippen LogP contribution in [0.15, 0.2) is 59.5 Å². The molecule has 0 unspecified atom stereocenters. The van der Waals surface area contributed by atoms with E-state index in [4.69, 9.17) is 9.97 Å². The van der Waals surface area contributed by atoms with Crippen LogP contribution in [0.2, 0.25) is 0 Å². The Morgan fingerprint density at radius 3 is 2.15 bits per heavy atom. The second-order valence-corrected chi connectivity index (χ2v) is 15.3. The van der Waals surface area contributed by atoms with E-state index >= 15 is 0 Å². The van der Waals surface area contributed by atoms with Crippen LogP contribution in [0.25, 0.3) is 33.8 Å². The van der Waals surface area contributed by atoms with Crippen molar-refractivity contribution in [1.82, 2.24) is 24.3 Å². The van der Waals surface area contributed by atoms with Crippen LogP contribution >= 0.6 is 0 Å². The van der Waals surface area contributed by atoms with Crippen LogP contribution in [0.3, 0.4) is 0 Å². The van der Waals surface area contributed by atoms with E-state index < -0.39 is 9.84 Å². The number of aryl methyl sites for hydroxylation is 1. The van der Waals surface area contributed by atoms with Gasteiger partial charge in [-0.15, -0.1) is 0 Å². The summed E-state index contributed by atoms with van der Waals surface area (Å²) in [6.45, 7) is 13.9.